The number of likely N-dealkylation sites (tertiary alicyclic amines) is 1. The lowest BCUT2D eigenvalue weighted by Crippen LogP contribution is -3.11. The molecule has 3 aromatic rings. The van der Waals surface area contributed by atoms with E-state index in [9.17, 15) is 70.9 Å². The first kappa shape index (κ1) is 35.1. The molecule has 22 nitrogen and oxygen atoms in total. The van der Waals surface area contributed by atoms with Crippen molar-refractivity contribution in [1.29, 1.82) is 0 Å². The molecule has 47 heavy (non-hydrogen) atoms. The van der Waals surface area contributed by atoms with E-state index in [1.54, 1.807) is 5.56 Å². The van der Waals surface area contributed by atoms with E-state index in [0.717, 1.165) is 6.04 Å². The summed E-state index contributed by atoms with van der Waals surface area (Å²) in [6.45, 7) is 4.04. The second-order valence-corrected chi connectivity index (χ2v) is 10.00. The zero-order valence-corrected chi connectivity index (χ0v) is 23.9. The minimum absolute atomic E-state index is 0.384. The Balaban J connectivity index is 0.000000192. The number of para-hydroxylation sites is 1. The van der Waals surface area contributed by atoms with Crippen LogP contribution in [-0.4, -0.2) is 49.2 Å². The molecule has 0 aromatic heterocycles. The number of quaternary nitrogens is 2. The van der Waals surface area contributed by atoms with Gasteiger partial charge in [-0.1, -0.05) is 12.1 Å². The SMILES string of the molecule is O=[N+]([O-])c1cc([N+](=O)[O-])c([O-])c([N+](=O)[O-])c1.O=[N+]([O-])c1cc([N+](=O)[O-])c([O-])c([N+](=O)[O-])c1.c1ccc2c(c1)[NH2+]CCC2[NH+]1CCCC1. The van der Waals surface area contributed by atoms with Gasteiger partial charge >= 0.3 is 0 Å². The quantitative estimate of drug-likeness (QED) is 0.203. The second kappa shape index (κ2) is 15.0. The molecule has 1 fully saturated rings. The third kappa shape index (κ3) is 8.40. The van der Waals surface area contributed by atoms with E-state index >= 15 is 0 Å². The van der Waals surface area contributed by atoms with E-state index in [0.29, 0.717) is 24.3 Å². The van der Waals surface area contributed by atoms with Crippen molar-refractivity contribution >= 4 is 39.8 Å². The molecular weight excluding hydrogens is 636 g/mol. The van der Waals surface area contributed by atoms with Crippen LogP contribution in [0.3, 0.4) is 0 Å². The predicted molar refractivity (Wildman–Crippen MR) is 152 cm³/mol. The monoisotopic (exact) mass is 660 g/mol. The topological polar surface area (TPSA) is 326 Å². The molecule has 3 aromatic carbocycles. The number of nitro groups is 6. The number of nitrogens with two attached hydrogens (primary N) is 1. The average Bonchev–Trinajstić information content (AvgIpc) is 3.56. The fourth-order valence-electron chi connectivity index (χ4n) is 5.10. The van der Waals surface area contributed by atoms with Crippen LogP contribution in [0.5, 0.6) is 11.5 Å². The van der Waals surface area contributed by atoms with E-state index in [4.69, 9.17) is 0 Å². The summed E-state index contributed by atoms with van der Waals surface area (Å²) >= 11 is 0. The molecule has 1 saturated heterocycles. The van der Waals surface area contributed by atoms with Crippen LogP contribution in [0, 0.1) is 60.7 Å². The Morgan fingerprint density at radius 3 is 1.34 bits per heavy atom. The van der Waals surface area contributed by atoms with Gasteiger partial charge in [0, 0.05) is 12.8 Å². The summed E-state index contributed by atoms with van der Waals surface area (Å²) in [4.78, 5) is 56.9. The molecule has 2 heterocycles. The van der Waals surface area contributed by atoms with Gasteiger partial charge in [0.05, 0.1) is 96.9 Å². The molecule has 0 bridgehead atoms. The van der Waals surface area contributed by atoms with Gasteiger partial charge < -0.3 is 20.4 Å². The van der Waals surface area contributed by atoms with Gasteiger partial charge in [-0.3, -0.25) is 60.7 Å². The molecule has 0 saturated carbocycles. The van der Waals surface area contributed by atoms with Crippen LogP contribution >= 0.6 is 0 Å². The molecule has 0 spiro atoms. The first-order chi connectivity index (χ1) is 22.1. The number of nitrogens with one attached hydrogen (secondary N) is 1. The van der Waals surface area contributed by atoms with Gasteiger partial charge in [0.1, 0.15) is 11.7 Å². The number of benzene rings is 3. The van der Waals surface area contributed by atoms with Gasteiger partial charge in [0.25, 0.3) is 34.1 Å². The Morgan fingerprint density at radius 1 is 0.596 bits per heavy atom. The van der Waals surface area contributed by atoms with Crippen LogP contribution in [0.25, 0.3) is 0 Å². The third-order valence-electron chi connectivity index (χ3n) is 7.21. The molecule has 3 N–H and O–H groups in total. The first-order valence-corrected chi connectivity index (χ1v) is 13.5. The Bertz CT molecular complexity index is 1580. The Hall–Kier alpha value is -6.42. The van der Waals surface area contributed by atoms with Crippen LogP contribution in [-0.2, 0) is 0 Å². The van der Waals surface area contributed by atoms with Crippen molar-refractivity contribution in [2.45, 2.75) is 25.3 Å². The molecule has 0 amide bonds. The van der Waals surface area contributed by atoms with Gasteiger partial charge in [-0.15, -0.1) is 0 Å². The van der Waals surface area contributed by atoms with Gasteiger partial charge in [0.15, 0.2) is 0 Å². The fraction of sp³-hybridized carbons (Fsp3) is 0.280. The van der Waals surface area contributed by atoms with Crippen LogP contribution in [0.1, 0.15) is 30.9 Å². The Morgan fingerprint density at radius 2 is 0.979 bits per heavy atom. The summed E-state index contributed by atoms with van der Waals surface area (Å²) in [5.74, 6) is -2.92. The Kier molecular flexibility index (Phi) is 11.2. The molecule has 2 aliphatic heterocycles. The predicted octanol–water partition coefficient (Wildman–Crippen LogP) is 0.975. The fourth-order valence-corrected chi connectivity index (χ4v) is 5.10. The molecule has 2 aliphatic rings. The summed E-state index contributed by atoms with van der Waals surface area (Å²) in [5.41, 5.74) is -3.44. The molecule has 1 atom stereocenters. The molecular formula is C25H24N8O14. The van der Waals surface area contributed by atoms with E-state index in [2.05, 4.69) is 29.6 Å². The van der Waals surface area contributed by atoms with Crippen molar-refractivity contribution in [2.24, 2.45) is 0 Å². The van der Waals surface area contributed by atoms with Gasteiger partial charge in [0.2, 0.25) is 0 Å². The highest BCUT2D eigenvalue weighted by atomic mass is 16.7. The van der Waals surface area contributed by atoms with Gasteiger partial charge in [-0.05, 0) is 12.1 Å². The molecule has 1 unspecified atom stereocenters. The van der Waals surface area contributed by atoms with E-state index in [-0.39, 0.29) is 0 Å². The van der Waals surface area contributed by atoms with Crippen molar-refractivity contribution in [3.63, 3.8) is 0 Å². The molecule has 0 aliphatic carbocycles. The van der Waals surface area contributed by atoms with Crippen molar-refractivity contribution < 1.29 is 50.0 Å². The minimum Gasteiger partial charge on any atom is -0.863 e. The summed E-state index contributed by atoms with van der Waals surface area (Å²) in [6.07, 6.45) is 4.21. The lowest BCUT2D eigenvalue weighted by molar-refractivity contribution is -0.923. The van der Waals surface area contributed by atoms with Gasteiger partial charge in [-0.2, -0.15) is 0 Å². The lowest BCUT2D eigenvalue weighted by Gasteiger charge is -2.28. The average molecular weight is 661 g/mol. The number of hydrogen-bond acceptors (Lipinski definition) is 14. The Labute approximate surface area is 261 Å². The maximum Gasteiger partial charge on any atom is 0.283 e. The standard InChI is InChI=1S/C13H18N2.2C6H3N3O7/c1-2-6-12-11(5-1)13(7-8-14-12)15-9-3-4-10-15;2*10-6-4(8(13)14)1-3(7(11)12)2-5(6)9(15)16/h1-2,5-6,13-14H,3-4,7-10H2;2*1-2,10H. The highest BCUT2D eigenvalue weighted by Crippen LogP contribution is 2.38. The number of nitrogens with zero attached hydrogens (tertiary/aromatic N) is 6. The van der Waals surface area contributed by atoms with E-state index in [1.807, 2.05) is 4.90 Å². The van der Waals surface area contributed by atoms with Crippen LogP contribution in [0.2, 0.25) is 0 Å². The summed E-state index contributed by atoms with van der Waals surface area (Å²) in [7, 11) is 0. The number of fused-ring (bicyclic) bond motifs is 1. The summed E-state index contributed by atoms with van der Waals surface area (Å²) in [5, 5.41) is 86.6. The highest BCUT2D eigenvalue weighted by molar-refractivity contribution is 5.64. The molecule has 248 valence electrons. The summed E-state index contributed by atoms with van der Waals surface area (Å²) in [6, 6.07) is 11.3. The number of nitro benzene ring substituents is 6. The third-order valence-corrected chi connectivity index (χ3v) is 7.21. The maximum atomic E-state index is 11.1. The minimum atomic E-state index is -1.46. The van der Waals surface area contributed by atoms with E-state index < -0.39 is 75.2 Å². The van der Waals surface area contributed by atoms with Crippen molar-refractivity contribution in [2.75, 3.05) is 19.6 Å². The zero-order chi connectivity index (χ0) is 35.0. The smallest absolute Gasteiger partial charge is 0.283 e. The normalized spacial score (nSPS) is 15.1. The largest absolute Gasteiger partial charge is 0.863 e. The molecule has 5 rings (SSSR count). The lowest BCUT2D eigenvalue weighted by atomic mass is 9.97. The van der Waals surface area contributed by atoms with Crippen LogP contribution in [0.4, 0.5) is 39.8 Å². The maximum absolute atomic E-state index is 11.1. The van der Waals surface area contributed by atoms with Gasteiger partial charge in [-0.25, -0.2) is 0 Å². The second-order valence-electron chi connectivity index (χ2n) is 10.00. The van der Waals surface area contributed by atoms with Crippen LogP contribution < -0.4 is 20.4 Å². The molecule has 0 radical (unpaired) electrons. The number of rotatable bonds is 7. The molecule has 22 heteroatoms. The zero-order valence-electron chi connectivity index (χ0n) is 23.9. The number of hydrogen-bond donors (Lipinski definition) is 2. The first-order valence-electron chi connectivity index (χ1n) is 13.5. The van der Waals surface area contributed by atoms with Crippen LogP contribution in [0.15, 0.2) is 48.5 Å². The van der Waals surface area contributed by atoms with Crippen molar-refractivity contribution in [3.05, 3.63) is 115 Å². The number of non-ortho nitro benzene ring substituents is 2. The van der Waals surface area contributed by atoms with E-state index in [1.165, 1.54) is 44.6 Å². The van der Waals surface area contributed by atoms with Crippen molar-refractivity contribution in [1.82, 2.24) is 0 Å². The summed E-state index contributed by atoms with van der Waals surface area (Å²) < 4.78 is 0. The van der Waals surface area contributed by atoms with Crippen molar-refractivity contribution in [3.8, 4) is 11.5 Å². The highest BCUT2D eigenvalue weighted by Gasteiger charge is 2.33.